The molecule has 0 radical (unpaired) electrons. The van der Waals surface area contributed by atoms with E-state index in [1.165, 1.54) is 25.6 Å². The zero-order valence-electron chi connectivity index (χ0n) is 12.9. The molecule has 6 nitrogen and oxygen atoms in total. The van der Waals surface area contributed by atoms with Gasteiger partial charge in [0.25, 0.3) is 0 Å². The maximum absolute atomic E-state index is 5.89. The number of aromatic nitrogens is 5. The summed E-state index contributed by atoms with van der Waals surface area (Å²) in [6, 6.07) is 9.54. The first kappa shape index (κ1) is 13.9. The van der Waals surface area contributed by atoms with Gasteiger partial charge in [-0.1, -0.05) is 6.42 Å². The van der Waals surface area contributed by atoms with Gasteiger partial charge in [-0.2, -0.15) is 10.1 Å². The van der Waals surface area contributed by atoms with Crippen LogP contribution in [-0.4, -0.2) is 24.7 Å². The van der Waals surface area contributed by atoms with Gasteiger partial charge < -0.3 is 4.74 Å². The lowest BCUT2D eigenvalue weighted by atomic mass is 9.85. The highest BCUT2D eigenvalue weighted by molar-refractivity contribution is 5.38. The fourth-order valence-electron chi connectivity index (χ4n) is 2.59. The summed E-state index contributed by atoms with van der Waals surface area (Å²) in [5.74, 6) is 2.75. The van der Waals surface area contributed by atoms with E-state index in [2.05, 4.69) is 20.1 Å². The van der Waals surface area contributed by atoms with Crippen LogP contribution < -0.4 is 4.74 Å². The Bertz CT molecular complexity index is 794. The largest absolute Gasteiger partial charge is 0.439 e. The zero-order valence-corrected chi connectivity index (χ0v) is 12.9. The Morgan fingerprint density at radius 1 is 1.13 bits per heavy atom. The number of hydrogen-bond acceptors (Lipinski definition) is 5. The van der Waals surface area contributed by atoms with Gasteiger partial charge >= 0.3 is 0 Å². The molecular weight excluding hydrogens is 290 g/mol. The van der Waals surface area contributed by atoms with E-state index < -0.39 is 0 Å². The number of benzene rings is 1. The molecule has 6 heteroatoms. The Balaban J connectivity index is 1.54. The average Bonchev–Trinajstić information content (AvgIpc) is 3.00. The fraction of sp³-hybridized carbons (Fsp3) is 0.294. The quantitative estimate of drug-likeness (QED) is 0.739. The SMILES string of the molecule is Cc1cc(Oc2ccc(-n3cncn3)cc2)nc(C2CCC2)n1. The first-order valence-corrected chi connectivity index (χ1v) is 7.76. The average molecular weight is 307 g/mol. The van der Waals surface area contributed by atoms with Crippen molar-refractivity contribution < 1.29 is 4.74 Å². The molecule has 2 aromatic heterocycles. The van der Waals surface area contributed by atoms with Crippen LogP contribution in [0, 0.1) is 6.92 Å². The van der Waals surface area contributed by atoms with Crippen LogP contribution in [0.25, 0.3) is 5.69 Å². The van der Waals surface area contributed by atoms with E-state index in [0.29, 0.717) is 11.8 Å². The third-order valence-corrected chi connectivity index (χ3v) is 4.06. The minimum atomic E-state index is 0.493. The van der Waals surface area contributed by atoms with E-state index in [1.54, 1.807) is 11.0 Å². The zero-order chi connectivity index (χ0) is 15.6. The molecule has 0 aliphatic heterocycles. The molecule has 1 aliphatic rings. The summed E-state index contributed by atoms with van der Waals surface area (Å²) in [7, 11) is 0. The van der Waals surface area contributed by atoms with E-state index in [0.717, 1.165) is 23.0 Å². The number of nitrogens with zero attached hydrogens (tertiary/aromatic N) is 5. The first-order valence-electron chi connectivity index (χ1n) is 7.76. The summed E-state index contributed by atoms with van der Waals surface area (Å²) < 4.78 is 7.60. The second-order valence-electron chi connectivity index (χ2n) is 5.77. The maximum Gasteiger partial charge on any atom is 0.222 e. The highest BCUT2D eigenvalue weighted by Gasteiger charge is 2.23. The van der Waals surface area contributed by atoms with Crippen molar-refractivity contribution in [3.05, 3.63) is 54.5 Å². The standard InChI is InChI=1S/C17H17N5O/c1-12-9-16(21-17(20-12)13-3-2-4-13)23-15-7-5-14(6-8-15)22-11-18-10-19-22/h5-11,13H,2-4H2,1H3. The summed E-state index contributed by atoms with van der Waals surface area (Å²) in [5.41, 5.74) is 1.88. The highest BCUT2D eigenvalue weighted by Crippen LogP contribution is 2.35. The van der Waals surface area contributed by atoms with Gasteiger partial charge in [0, 0.05) is 17.7 Å². The monoisotopic (exact) mass is 307 g/mol. The molecule has 23 heavy (non-hydrogen) atoms. The Labute approximate surface area is 134 Å². The second-order valence-corrected chi connectivity index (χ2v) is 5.77. The van der Waals surface area contributed by atoms with Crippen LogP contribution in [0.15, 0.2) is 43.0 Å². The van der Waals surface area contributed by atoms with Crippen molar-refractivity contribution in [3.63, 3.8) is 0 Å². The molecule has 0 bridgehead atoms. The summed E-state index contributed by atoms with van der Waals surface area (Å²) in [5, 5.41) is 4.10. The summed E-state index contributed by atoms with van der Waals surface area (Å²) in [6.45, 7) is 1.98. The van der Waals surface area contributed by atoms with Gasteiger partial charge in [-0.15, -0.1) is 0 Å². The molecule has 3 aromatic rings. The van der Waals surface area contributed by atoms with Gasteiger partial charge in [0.1, 0.15) is 24.2 Å². The van der Waals surface area contributed by atoms with E-state index in [4.69, 9.17) is 4.74 Å². The topological polar surface area (TPSA) is 65.7 Å². The summed E-state index contributed by atoms with van der Waals surface area (Å²) in [6.07, 6.45) is 6.79. The lowest BCUT2D eigenvalue weighted by Crippen LogP contribution is -2.13. The summed E-state index contributed by atoms with van der Waals surface area (Å²) in [4.78, 5) is 13.0. The lowest BCUT2D eigenvalue weighted by molar-refractivity contribution is 0.389. The Hall–Kier alpha value is -2.76. The molecular formula is C17H17N5O. The van der Waals surface area contributed by atoms with Crippen molar-refractivity contribution in [1.29, 1.82) is 0 Å². The summed E-state index contributed by atoms with van der Waals surface area (Å²) >= 11 is 0. The third-order valence-electron chi connectivity index (χ3n) is 4.06. The maximum atomic E-state index is 5.89. The molecule has 1 aliphatic carbocycles. The predicted molar refractivity (Wildman–Crippen MR) is 84.8 cm³/mol. The van der Waals surface area contributed by atoms with Gasteiger partial charge in [-0.3, -0.25) is 0 Å². The van der Waals surface area contributed by atoms with Crippen molar-refractivity contribution in [2.45, 2.75) is 32.1 Å². The number of rotatable bonds is 4. The van der Waals surface area contributed by atoms with Crippen LogP contribution in [0.4, 0.5) is 0 Å². The van der Waals surface area contributed by atoms with Gasteiger partial charge in [-0.25, -0.2) is 14.6 Å². The van der Waals surface area contributed by atoms with Crippen LogP contribution in [-0.2, 0) is 0 Å². The molecule has 0 spiro atoms. The van der Waals surface area contributed by atoms with E-state index in [1.807, 2.05) is 37.3 Å². The van der Waals surface area contributed by atoms with E-state index >= 15 is 0 Å². The van der Waals surface area contributed by atoms with Gasteiger partial charge in [0.2, 0.25) is 5.88 Å². The van der Waals surface area contributed by atoms with Crippen LogP contribution in [0.3, 0.4) is 0 Å². The molecule has 4 rings (SSSR count). The number of hydrogen-bond donors (Lipinski definition) is 0. The molecule has 0 atom stereocenters. The van der Waals surface area contributed by atoms with Crippen molar-refractivity contribution >= 4 is 0 Å². The first-order chi connectivity index (χ1) is 11.3. The van der Waals surface area contributed by atoms with Crippen LogP contribution >= 0.6 is 0 Å². The normalized spacial score (nSPS) is 14.5. The Morgan fingerprint density at radius 3 is 2.61 bits per heavy atom. The van der Waals surface area contributed by atoms with Crippen LogP contribution in [0.2, 0.25) is 0 Å². The van der Waals surface area contributed by atoms with Crippen LogP contribution in [0.1, 0.15) is 36.7 Å². The molecule has 0 amide bonds. The smallest absolute Gasteiger partial charge is 0.222 e. The lowest BCUT2D eigenvalue weighted by Gasteiger charge is -2.24. The molecule has 1 aromatic carbocycles. The Kier molecular flexibility index (Phi) is 3.49. The number of ether oxygens (including phenoxy) is 1. The van der Waals surface area contributed by atoms with Crippen molar-refractivity contribution in [2.75, 3.05) is 0 Å². The predicted octanol–water partition coefficient (Wildman–Crippen LogP) is 3.43. The highest BCUT2D eigenvalue weighted by atomic mass is 16.5. The molecule has 0 unspecified atom stereocenters. The van der Waals surface area contributed by atoms with Gasteiger partial charge in [0.15, 0.2) is 0 Å². The molecule has 1 saturated carbocycles. The van der Waals surface area contributed by atoms with Gasteiger partial charge in [0.05, 0.1) is 5.69 Å². The molecule has 0 saturated heterocycles. The van der Waals surface area contributed by atoms with E-state index in [-0.39, 0.29) is 0 Å². The second kappa shape index (κ2) is 5.79. The van der Waals surface area contributed by atoms with Crippen molar-refractivity contribution in [1.82, 2.24) is 24.7 Å². The Morgan fingerprint density at radius 2 is 1.96 bits per heavy atom. The minimum Gasteiger partial charge on any atom is -0.439 e. The molecule has 0 N–H and O–H groups in total. The molecule has 1 fully saturated rings. The van der Waals surface area contributed by atoms with Crippen molar-refractivity contribution in [2.24, 2.45) is 0 Å². The fourth-order valence-corrected chi connectivity index (χ4v) is 2.59. The third kappa shape index (κ3) is 2.92. The molecule has 116 valence electrons. The van der Waals surface area contributed by atoms with E-state index in [9.17, 15) is 0 Å². The van der Waals surface area contributed by atoms with Gasteiger partial charge in [-0.05, 0) is 44.0 Å². The molecule has 2 heterocycles. The number of aryl methyl sites for hydroxylation is 1. The van der Waals surface area contributed by atoms with Crippen LogP contribution in [0.5, 0.6) is 11.6 Å². The van der Waals surface area contributed by atoms with Crippen molar-refractivity contribution in [3.8, 4) is 17.3 Å². The minimum absolute atomic E-state index is 0.493.